The van der Waals surface area contributed by atoms with E-state index in [9.17, 15) is 9.59 Å². The van der Waals surface area contributed by atoms with Crippen LogP contribution in [0.4, 0.5) is 21.0 Å². The average Bonchev–Trinajstić information content (AvgIpc) is 4.19. The third kappa shape index (κ3) is 7.41. The van der Waals surface area contributed by atoms with Crippen LogP contribution in [0.15, 0.2) is 146 Å². The quantitative estimate of drug-likeness (QED) is 0.148. The van der Waals surface area contributed by atoms with Gasteiger partial charge in [-0.3, -0.25) is 9.80 Å². The molecule has 11 heteroatoms. The Labute approximate surface area is 373 Å². The largest absolute Gasteiger partial charge is 2.00 e. The molecule has 1 radical (unpaired) electrons. The van der Waals surface area contributed by atoms with Crippen molar-refractivity contribution in [2.24, 2.45) is 0 Å². The summed E-state index contributed by atoms with van der Waals surface area (Å²) in [5.41, 5.74) is 11.6. The first-order valence-corrected chi connectivity index (χ1v) is 20.7. The summed E-state index contributed by atoms with van der Waals surface area (Å²) in [5.74, 6) is 0. The number of nitrogens with zero attached hydrogens (tertiary/aromatic N) is 6. The third-order valence-corrected chi connectivity index (χ3v) is 11.7. The molecule has 309 valence electrons. The molecule has 11 rings (SSSR count). The van der Waals surface area contributed by atoms with Crippen LogP contribution in [0.2, 0.25) is 0 Å². The van der Waals surface area contributed by atoms with Crippen LogP contribution in [0.1, 0.15) is 33.9 Å². The number of rotatable bonds is 8. The topological polar surface area (TPSA) is 113 Å². The summed E-state index contributed by atoms with van der Waals surface area (Å²) in [6.45, 7) is 0.439. The third-order valence-electron chi connectivity index (χ3n) is 11.7. The van der Waals surface area contributed by atoms with Crippen molar-refractivity contribution in [1.82, 2.24) is 19.9 Å². The Morgan fingerprint density at radius 3 is 1.21 bits per heavy atom. The Morgan fingerprint density at radius 1 is 0.460 bits per heavy atom. The van der Waals surface area contributed by atoms with E-state index < -0.39 is 12.2 Å². The minimum Gasteiger partial charge on any atom is -0.656 e. The summed E-state index contributed by atoms with van der Waals surface area (Å²) in [5, 5.41) is 0. The number of fused-ring (bicyclic) bond motifs is 8. The molecular weight excluding hydrogens is 832 g/mol. The van der Waals surface area contributed by atoms with E-state index in [0.717, 1.165) is 33.4 Å². The number of benzene rings is 4. The molecule has 2 unspecified atom stereocenters. The number of hydrogen-bond acceptors (Lipinski definition) is 6. The molecule has 10 nitrogen and oxygen atoms in total. The second-order valence-electron chi connectivity index (χ2n) is 15.6. The minimum atomic E-state index is -0.456. The number of carbonyl (C=O) groups is 2. The van der Waals surface area contributed by atoms with E-state index >= 15 is 0 Å². The fraction of sp³-hybridized carbons (Fsp3) is 0.115. The van der Waals surface area contributed by atoms with Gasteiger partial charge in [0.05, 0.1) is 46.2 Å². The molecule has 2 fully saturated rings. The van der Waals surface area contributed by atoms with Crippen LogP contribution in [0, 0.1) is 0 Å². The molecule has 2 atom stereocenters. The van der Waals surface area contributed by atoms with Crippen LogP contribution < -0.4 is 19.8 Å². The van der Waals surface area contributed by atoms with Gasteiger partial charge in [0.1, 0.15) is 13.2 Å². The number of carbonyl (C=O) groups excluding carboxylic acids is 2. The van der Waals surface area contributed by atoms with E-state index in [1.54, 1.807) is 9.80 Å². The summed E-state index contributed by atoms with van der Waals surface area (Å²) in [6, 6.07) is 47.4. The summed E-state index contributed by atoms with van der Waals surface area (Å²) in [7, 11) is 0. The Kier molecular flexibility index (Phi) is 10.6. The molecule has 0 N–H and O–H groups in total. The SMILES string of the molecule is O=C1OCC(Cc2ccccc2)N1c1c2nc(c(-c3ccccc3)c3ccc([n-]3)c(N3C(=O)OCC3Cc3ccccc3)c3nc(c(-c4ccccc4)c4ccc1[n-]4)C=C3)C=C2.[Co+2]. The van der Waals surface area contributed by atoms with Gasteiger partial charge in [-0.05, 0) is 70.5 Å². The Morgan fingerprint density at radius 2 is 0.810 bits per heavy atom. The first-order chi connectivity index (χ1) is 30.6. The van der Waals surface area contributed by atoms with Gasteiger partial charge in [0.15, 0.2) is 0 Å². The average molecular weight is 870 g/mol. The fourth-order valence-corrected chi connectivity index (χ4v) is 8.89. The smallest absolute Gasteiger partial charge is 0.656 e. The van der Waals surface area contributed by atoms with Crippen LogP contribution in [0.5, 0.6) is 0 Å². The van der Waals surface area contributed by atoms with Crippen molar-refractivity contribution < 1.29 is 35.8 Å². The van der Waals surface area contributed by atoms with Gasteiger partial charge in [0.25, 0.3) is 0 Å². The molecule has 63 heavy (non-hydrogen) atoms. The van der Waals surface area contributed by atoms with Gasteiger partial charge in [-0.15, -0.1) is 22.1 Å². The van der Waals surface area contributed by atoms with E-state index in [1.807, 2.05) is 146 Å². The van der Waals surface area contributed by atoms with E-state index in [-0.39, 0.29) is 42.1 Å². The van der Waals surface area contributed by atoms with Gasteiger partial charge < -0.3 is 19.4 Å². The van der Waals surface area contributed by atoms with Gasteiger partial charge in [-0.25, -0.2) is 19.6 Å². The Balaban J connectivity index is 0.00000471. The maximum absolute atomic E-state index is 14.0. The molecule has 7 heterocycles. The van der Waals surface area contributed by atoms with E-state index in [0.29, 0.717) is 69.1 Å². The maximum Gasteiger partial charge on any atom is 2.00 e. The minimum absolute atomic E-state index is 0. The molecule has 0 saturated carbocycles. The number of aromatic nitrogens is 4. The Hall–Kier alpha value is -7.47. The second kappa shape index (κ2) is 16.8. The zero-order valence-corrected chi connectivity index (χ0v) is 34.8. The molecule has 2 amide bonds. The van der Waals surface area contributed by atoms with Gasteiger partial charge >= 0.3 is 29.0 Å². The van der Waals surface area contributed by atoms with Gasteiger partial charge in [-0.2, -0.15) is 0 Å². The molecule has 3 aromatic heterocycles. The number of amides is 2. The first-order valence-electron chi connectivity index (χ1n) is 20.7. The number of cyclic esters (lactones) is 2. The van der Waals surface area contributed by atoms with Crippen LogP contribution in [0.25, 0.3) is 68.6 Å². The van der Waals surface area contributed by atoms with Crippen molar-refractivity contribution in [2.45, 2.75) is 24.9 Å². The number of hydrogen-bond donors (Lipinski definition) is 0. The predicted molar refractivity (Wildman–Crippen MR) is 243 cm³/mol. The summed E-state index contributed by atoms with van der Waals surface area (Å²) in [6.07, 6.45) is 8.05. The summed E-state index contributed by atoms with van der Waals surface area (Å²) in [4.78, 5) is 52.6. The first kappa shape index (κ1) is 39.6. The zero-order valence-electron chi connectivity index (χ0n) is 33.8. The number of anilines is 2. The van der Waals surface area contributed by atoms with E-state index in [1.165, 1.54) is 0 Å². The second-order valence-corrected chi connectivity index (χ2v) is 15.6. The van der Waals surface area contributed by atoms with Gasteiger partial charge in [0, 0.05) is 0 Å². The monoisotopic (exact) mass is 869 g/mol. The van der Waals surface area contributed by atoms with Crippen LogP contribution in [-0.4, -0.2) is 47.5 Å². The standard InChI is InChI=1S/C52H38N6O4.Co/c59-51-57(37(31-61-51)29-33-13-5-1-6-14-33)49-43-25-21-39(53-43)47(35-17-9-3-10-18-35)41-23-27-45(55-41)50(58-38(32-62-52(58)60)30-34-15-7-2-8-16-34)46-28-24-42(56-46)48(36-19-11-4-12-20-36)40-22-26-44(49)54-40;/h1-28,37-38H,29-32H2;/q-2;+2. The molecule has 2 saturated heterocycles. The van der Waals surface area contributed by atoms with Crippen molar-refractivity contribution in [3.05, 3.63) is 179 Å². The van der Waals surface area contributed by atoms with Crippen molar-refractivity contribution in [2.75, 3.05) is 23.0 Å². The van der Waals surface area contributed by atoms with E-state index in [2.05, 4.69) is 24.3 Å². The van der Waals surface area contributed by atoms with Gasteiger partial charge in [0.2, 0.25) is 0 Å². The maximum atomic E-state index is 14.0. The van der Waals surface area contributed by atoms with Crippen molar-refractivity contribution in [3.8, 4) is 22.3 Å². The molecule has 4 aromatic carbocycles. The molecule has 0 spiro atoms. The normalized spacial score (nSPS) is 16.6. The molecule has 0 aliphatic carbocycles. The van der Waals surface area contributed by atoms with Crippen molar-refractivity contribution in [1.29, 1.82) is 0 Å². The molecular formula is C52H38CoN6O4. The van der Waals surface area contributed by atoms with Crippen molar-refractivity contribution in [3.63, 3.8) is 0 Å². The van der Waals surface area contributed by atoms with Crippen LogP contribution in [-0.2, 0) is 39.1 Å². The predicted octanol–water partition coefficient (Wildman–Crippen LogP) is 10.4. The molecule has 7 aromatic rings. The molecule has 8 bridgehead atoms. The van der Waals surface area contributed by atoms with Crippen LogP contribution in [0.3, 0.4) is 0 Å². The molecule has 4 aliphatic heterocycles. The summed E-state index contributed by atoms with van der Waals surface area (Å²) < 4.78 is 11.6. The zero-order chi connectivity index (χ0) is 41.6. The number of ether oxygens (including phenoxy) is 2. The van der Waals surface area contributed by atoms with Crippen LogP contribution >= 0.6 is 0 Å². The molecule has 4 aliphatic rings. The van der Waals surface area contributed by atoms with E-state index in [4.69, 9.17) is 29.4 Å². The fourth-order valence-electron chi connectivity index (χ4n) is 8.89. The summed E-state index contributed by atoms with van der Waals surface area (Å²) >= 11 is 0. The van der Waals surface area contributed by atoms with Gasteiger partial charge in [-0.1, -0.05) is 146 Å². The van der Waals surface area contributed by atoms with Crippen molar-refractivity contribution >= 4 is 69.9 Å². The Bertz CT molecular complexity index is 2880.